The van der Waals surface area contributed by atoms with Gasteiger partial charge >= 0.3 is 5.97 Å². The molecule has 0 aromatic carbocycles. The third-order valence-electron chi connectivity index (χ3n) is 3.78. The molecule has 3 atom stereocenters. The summed E-state index contributed by atoms with van der Waals surface area (Å²) in [6.07, 6.45) is 4.48. The number of carboxylic acids is 1. The van der Waals surface area contributed by atoms with Gasteiger partial charge in [0.15, 0.2) is 0 Å². The molecule has 1 aliphatic rings. The maximum atomic E-state index is 12.4. The second-order valence-corrected chi connectivity index (χ2v) is 5.44. The second kappa shape index (κ2) is 5.62. The zero-order chi connectivity index (χ0) is 14.9. The normalized spacial score (nSPS) is 24.4. The summed E-state index contributed by atoms with van der Waals surface area (Å²) in [4.78, 5) is 25.1. The number of aryl methyl sites for hydroxylation is 1. The molecule has 0 saturated carbocycles. The number of hydrogen-bond donors (Lipinski definition) is 2. The summed E-state index contributed by atoms with van der Waals surface area (Å²) in [7, 11) is 1.74. The van der Waals surface area contributed by atoms with Gasteiger partial charge in [0.1, 0.15) is 12.1 Å². The Morgan fingerprint density at radius 3 is 2.80 bits per heavy atom. The van der Waals surface area contributed by atoms with Gasteiger partial charge < -0.3 is 15.7 Å². The molecule has 2 rings (SSSR count). The first-order valence-electron chi connectivity index (χ1n) is 6.67. The van der Waals surface area contributed by atoms with Crippen molar-refractivity contribution < 1.29 is 14.7 Å². The van der Waals surface area contributed by atoms with Gasteiger partial charge in [0.2, 0.25) is 5.91 Å². The Kier molecular flexibility index (Phi) is 4.08. The number of carboxylic acid groups (broad SMARTS) is 1. The van der Waals surface area contributed by atoms with E-state index < -0.39 is 18.1 Å². The molecule has 3 unspecified atom stereocenters. The summed E-state index contributed by atoms with van der Waals surface area (Å²) in [6.45, 7) is 2.43. The number of nitrogens with zero attached hydrogens (tertiary/aromatic N) is 3. The SMILES string of the molecule is CC1CCN(C(=O)C(N)c2cnn(C)c2)C(C(=O)O)C1. The second-order valence-electron chi connectivity index (χ2n) is 5.44. The zero-order valence-electron chi connectivity index (χ0n) is 11.7. The van der Waals surface area contributed by atoms with Crippen LogP contribution in [0.3, 0.4) is 0 Å². The van der Waals surface area contributed by atoms with Crippen LogP contribution in [-0.4, -0.2) is 44.3 Å². The molecule has 1 fully saturated rings. The average molecular weight is 280 g/mol. The predicted molar refractivity (Wildman–Crippen MR) is 71.7 cm³/mol. The lowest BCUT2D eigenvalue weighted by atomic mass is 9.91. The fraction of sp³-hybridized carbons (Fsp3) is 0.615. The summed E-state index contributed by atoms with van der Waals surface area (Å²) >= 11 is 0. The molecular weight excluding hydrogens is 260 g/mol. The molecule has 1 aromatic heterocycles. The first-order valence-corrected chi connectivity index (χ1v) is 6.67. The maximum Gasteiger partial charge on any atom is 0.326 e. The van der Waals surface area contributed by atoms with Gasteiger partial charge in [-0.05, 0) is 18.8 Å². The van der Waals surface area contributed by atoms with Crippen LogP contribution < -0.4 is 5.73 Å². The Morgan fingerprint density at radius 1 is 1.55 bits per heavy atom. The molecule has 2 heterocycles. The Morgan fingerprint density at radius 2 is 2.25 bits per heavy atom. The van der Waals surface area contributed by atoms with E-state index in [0.717, 1.165) is 6.42 Å². The van der Waals surface area contributed by atoms with Gasteiger partial charge in [-0.25, -0.2) is 4.79 Å². The first-order chi connectivity index (χ1) is 9.40. The lowest BCUT2D eigenvalue weighted by molar-refractivity contribution is -0.153. The van der Waals surface area contributed by atoms with Crippen LogP contribution in [0.1, 0.15) is 31.4 Å². The minimum atomic E-state index is -0.969. The van der Waals surface area contributed by atoms with Gasteiger partial charge in [0.25, 0.3) is 0 Å². The minimum Gasteiger partial charge on any atom is -0.480 e. The highest BCUT2D eigenvalue weighted by Gasteiger charge is 2.37. The molecule has 0 aliphatic carbocycles. The van der Waals surface area contributed by atoms with Gasteiger partial charge in [-0.1, -0.05) is 6.92 Å². The molecule has 1 aromatic rings. The molecule has 110 valence electrons. The van der Waals surface area contributed by atoms with E-state index in [4.69, 9.17) is 5.73 Å². The van der Waals surface area contributed by atoms with E-state index in [1.807, 2.05) is 6.92 Å². The number of amides is 1. The van der Waals surface area contributed by atoms with Crippen molar-refractivity contribution in [3.8, 4) is 0 Å². The highest BCUT2D eigenvalue weighted by Crippen LogP contribution is 2.25. The molecule has 20 heavy (non-hydrogen) atoms. The van der Waals surface area contributed by atoms with Gasteiger partial charge in [0.05, 0.1) is 6.20 Å². The van der Waals surface area contributed by atoms with E-state index in [1.54, 1.807) is 17.9 Å². The monoisotopic (exact) mass is 280 g/mol. The van der Waals surface area contributed by atoms with Crippen LogP contribution in [0.5, 0.6) is 0 Å². The number of aromatic nitrogens is 2. The molecular formula is C13H20N4O3. The maximum absolute atomic E-state index is 12.4. The topological polar surface area (TPSA) is 101 Å². The molecule has 7 heteroatoms. The van der Waals surface area contributed by atoms with Crippen LogP contribution in [0.15, 0.2) is 12.4 Å². The van der Waals surface area contributed by atoms with E-state index in [1.165, 1.54) is 11.1 Å². The van der Waals surface area contributed by atoms with Crippen molar-refractivity contribution in [1.82, 2.24) is 14.7 Å². The van der Waals surface area contributed by atoms with Crippen molar-refractivity contribution in [2.75, 3.05) is 6.54 Å². The van der Waals surface area contributed by atoms with Gasteiger partial charge in [-0.3, -0.25) is 9.48 Å². The fourth-order valence-electron chi connectivity index (χ4n) is 2.56. The predicted octanol–water partition coefficient (Wildman–Crippen LogP) is 0.132. The van der Waals surface area contributed by atoms with E-state index in [0.29, 0.717) is 24.4 Å². The van der Waals surface area contributed by atoms with Crippen molar-refractivity contribution in [3.05, 3.63) is 18.0 Å². The van der Waals surface area contributed by atoms with E-state index in [-0.39, 0.29) is 5.91 Å². The van der Waals surface area contributed by atoms with Crippen LogP contribution in [0, 0.1) is 5.92 Å². The quantitative estimate of drug-likeness (QED) is 0.819. The van der Waals surface area contributed by atoms with Crippen LogP contribution in [0.25, 0.3) is 0 Å². The lowest BCUT2D eigenvalue weighted by Crippen LogP contribution is -2.52. The van der Waals surface area contributed by atoms with Crippen LogP contribution in [-0.2, 0) is 16.6 Å². The lowest BCUT2D eigenvalue weighted by Gasteiger charge is -2.37. The molecule has 3 N–H and O–H groups in total. The third-order valence-corrected chi connectivity index (χ3v) is 3.78. The number of piperidine rings is 1. The summed E-state index contributed by atoms with van der Waals surface area (Å²) in [6, 6.07) is -1.65. The Hall–Kier alpha value is -1.89. The zero-order valence-corrected chi connectivity index (χ0v) is 11.7. The third kappa shape index (κ3) is 2.82. The number of nitrogens with two attached hydrogens (primary N) is 1. The number of rotatable bonds is 3. The van der Waals surface area contributed by atoms with E-state index in [2.05, 4.69) is 5.10 Å². The molecule has 1 aliphatic heterocycles. The van der Waals surface area contributed by atoms with Crippen molar-refractivity contribution >= 4 is 11.9 Å². The number of likely N-dealkylation sites (tertiary alicyclic amines) is 1. The fourth-order valence-corrected chi connectivity index (χ4v) is 2.56. The van der Waals surface area contributed by atoms with Crippen LogP contribution in [0.2, 0.25) is 0 Å². The Balaban J connectivity index is 2.16. The van der Waals surface area contributed by atoms with Gasteiger partial charge in [-0.15, -0.1) is 0 Å². The smallest absolute Gasteiger partial charge is 0.326 e. The average Bonchev–Trinajstić information content (AvgIpc) is 2.83. The highest BCUT2D eigenvalue weighted by atomic mass is 16.4. The number of hydrogen-bond acceptors (Lipinski definition) is 4. The Labute approximate surface area is 117 Å². The molecule has 1 saturated heterocycles. The largest absolute Gasteiger partial charge is 0.480 e. The number of aliphatic carboxylic acids is 1. The van der Waals surface area contributed by atoms with Gasteiger partial charge in [0, 0.05) is 25.4 Å². The summed E-state index contributed by atoms with van der Waals surface area (Å²) < 4.78 is 1.56. The van der Waals surface area contributed by atoms with E-state index >= 15 is 0 Å². The number of carbonyl (C=O) groups excluding carboxylic acids is 1. The molecule has 7 nitrogen and oxygen atoms in total. The summed E-state index contributed by atoms with van der Waals surface area (Å²) in [5, 5.41) is 13.3. The summed E-state index contributed by atoms with van der Waals surface area (Å²) in [5.41, 5.74) is 6.54. The van der Waals surface area contributed by atoms with Crippen molar-refractivity contribution in [2.45, 2.75) is 31.8 Å². The van der Waals surface area contributed by atoms with Crippen molar-refractivity contribution in [2.24, 2.45) is 18.7 Å². The highest BCUT2D eigenvalue weighted by molar-refractivity contribution is 5.87. The van der Waals surface area contributed by atoms with E-state index in [9.17, 15) is 14.7 Å². The molecule has 0 spiro atoms. The molecule has 0 bridgehead atoms. The molecule has 0 radical (unpaired) electrons. The number of carbonyl (C=O) groups is 2. The minimum absolute atomic E-state index is 0.301. The van der Waals surface area contributed by atoms with Crippen molar-refractivity contribution in [3.63, 3.8) is 0 Å². The molecule has 1 amide bonds. The standard InChI is InChI=1S/C13H20N4O3/c1-8-3-4-17(10(5-8)13(19)20)12(18)11(14)9-6-15-16(2)7-9/h6-8,10-11H,3-5,14H2,1-2H3,(H,19,20). The van der Waals surface area contributed by atoms with Crippen LogP contribution in [0.4, 0.5) is 0 Å². The summed E-state index contributed by atoms with van der Waals surface area (Å²) in [5.74, 6) is -1.02. The Bertz CT molecular complexity index is 513. The first kappa shape index (κ1) is 14.5. The van der Waals surface area contributed by atoms with Crippen LogP contribution >= 0.6 is 0 Å². The van der Waals surface area contributed by atoms with Gasteiger partial charge in [-0.2, -0.15) is 5.10 Å². The van der Waals surface area contributed by atoms with Crippen molar-refractivity contribution in [1.29, 1.82) is 0 Å².